The fourth-order valence-electron chi connectivity index (χ4n) is 3.27. The number of carbonyl (C=O) groups is 3. The Morgan fingerprint density at radius 1 is 1.19 bits per heavy atom. The molecule has 0 heterocycles. The van der Waals surface area contributed by atoms with E-state index in [0.29, 0.717) is 22.9 Å². The zero-order valence-electron chi connectivity index (χ0n) is 15.8. The summed E-state index contributed by atoms with van der Waals surface area (Å²) in [6.45, 7) is 2.44. The molecule has 2 amide bonds. The fourth-order valence-corrected chi connectivity index (χ4v) is 4.15. The molecule has 0 aromatic heterocycles. The number of nitrogens with zero attached hydrogens (tertiary/aromatic N) is 1. The van der Waals surface area contributed by atoms with Gasteiger partial charge in [0.05, 0.1) is 11.3 Å². The van der Waals surface area contributed by atoms with Gasteiger partial charge < -0.3 is 15.3 Å². The van der Waals surface area contributed by atoms with E-state index >= 15 is 0 Å². The van der Waals surface area contributed by atoms with Gasteiger partial charge in [0.15, 0.2) is 0 Å². The Morgan fingerprint density at radius 3 is 2.56 bits per heavy atom. The maximum Gasteiger partial charge on any atom is 0.323 e. The van der Waals surface area contributed by atoms with Crippen LogP contribution in [0.15, 0.2) is 29.2 Å². The fraction of sp³-hybridized carbons (Fsp3) is 0.550. The van der Waals surface area contributed by atoms with Crippen LogP contribution in [0.4, 0.5) is 0 Å². The second-order valence-electron chi connectivity index (χ2n) is 6.81. The third kappa shape index (κ3) is 6.90. The van der Waals surface area contributed by atoms with Crippen molar-refractivity contribution in [3.63, 3.8) is 0 Å². The second kappa shape index (κ2) is 11.0. The molecule has 1 saturated carbocycles. The number of likely N-dealkylation sites (N-methyl/N-ethyl adjacent to an activating group) is 1. The van der Waals surface area contributed by atoms with Gasteiger partial charge >= 0.3 is 5.97 Å². The first kappa shape index (κ1) is 21.3. The number of carboxylic acid groups (broad SMARTS) is 1. The standard InChI is InChI=1S/C20H28N2O4S/c1-2-22(13-19(24)25)20(26)16-10-6-7-11-17(16)27-14-18(23)21-12-15-8-4-3-5-9-15/h6-7,10-11,15H,2-5,8-9,12-14H2,1H3,(H,21,23)(H,24,25). The number of hydrogen-bond donors (Lipinski definition) is 2. The highest BCUT2D eigenvalue weighted by Crippen LogP contribution is 2.25. The van der Waals surface area contributed by atoms with Crippen molar-refractivity contribution in [3.05, 3.63) is 29.8 Å². The van der Waals surface area contributed by atoms with Crippen LogP contribution in [0.5, 0.6) is 0 Å². The summed E-state index contributed by atoms with van der Waals surface area (Å²) in [6, 6.07) is 7.03. The average molecular weight is 393 g/mol. The van der Waals surface area contributed by atoms with E-state index < -0.39 is 5.97 Å². The summed E-state index contributed by atoms with van der Waals surface area (Å²) in [5, 5.41) is 12.0. The van der Waals surface area contributed by atoms with Gasteiger partial charge in [0.1, 0.15) is 6.54 Å². The number of benzene rings is 1. The molecule has 148 valence electrons. The third-order valence-corrected chi connectivity index (χ3v) is 5.86. The van der Waals surface area contributed by atoms with Gasteiger partial charge in [-0.05, 0) is 37.8 Å². The number of rotatable bonds is 9. The predicted octanol–water partition coefficient (Wildman–Crippen LogP) is 3.02. The predicted molar refractivity (Wildman–Crippen MR) is 106 cm³/mol. The largest absolute Gasteiger partial charge is 0.480 e. The Hall–Kier alpha value is -2.02. The minimum Gasteiger partial charge on any atom is -0.480 e. The van der Waals surface area contributed by atoms with E-state index in [4.69, 9.17) is 5.11 Å². The summed E-state index contributed by atoms with van der Waals surface area (Å²) in [6.07, 6.45) is 6.15. The van der Waals surface area contributed by atoms with Gasteiger partial charge in [-0.1, -0.05) is 31.4 Å². The zero-order chi connectivity index (χ0) is 19.6. The number of thioether (sulfide) groups is 1. The molecule has 1 aliphatic rings. The number of carboxylic acids is 1. The summed E-state index contributed by atoms with van der Waals surface area (Å²) in [5.41, 5.74) is 0.436. The molecular formula is C20H28N2O4S. The van der Waals surface area contributed by atoms with Gasteiger partial charge in [-0.25, -0.2) is 0 Å². The van der Waals surface area contributed by atoms with Crippen molar-refractivity contribution in [3.8, 4) is 0 Å². The molecule has 0 radical (unpaired) electrons. The highest BCUT2D eigenvalue weighted by Gasteiger charge is 2.20. The lowest BCUT2D eigenvalue weighted by molar-refractivity contribution is -0.137. The lowest BCUT2D eigenvalue weighted by Gasteiger charge is -2.22. The molecule has 6 nitrogen and oxygen atoms in total. The van der Waals surface area contributed by atoms with Crippen molar-refractivity contribution >= 4 is 29.5 Å². The number of amides is 2. The first-order valence-electron chi connectivity index (χ1n) is 9.50. The van der Waals surface area contributed by atoms with E-state index in [1.807, 2.05) is 6.07 Å². The molecule has 1 aromatic carbocycles. The van der Waals surface area contributed by atoms with E-state index in [9.17, 15) is 14.4 Å². The van der Waals surface area contributed by atoms with Crippen molar-refractivity contribution in [1.29, 1.82) is 0 Å². The molecule has 27 heavy (non-hydrogen) atoms. The van der Waals surface area contributed by atoms with Crippen LogP contribution in [0.1, 0.15) is 49.4 Å². The Balaban J connectivity index is 1.91. The quantitative estimate of drug-likeness (QED) is 0.631. The second-order valence-corrected chi connectivity index (χ2v) is 7.82. The lowest BCUT2D eigenvalue weighted by Crippen LogP contribution is -2.35. The Kier molecular flexibility index (Phi) is 8.64. The third-order valence-electron chi connectivity index (χ3n) is 4.78. The molecule has 1 aromatic rings. The number of carbonyl (C=O) groups excluding carboxylic acids is 2. The van der Waals surface area contributed by atoms with Gasteiger partial charge in [0.25, 0.3) is 5.91 Å². The van der Waals surface area contributed by atoms with Gasteiger partial charge in [-0.15, -0.1) is 11.8 Å². The maximum atomic E-state index is 12.7. The van der Waals surface area contributed by atoms with E-state index in [1.165, 1.54) is 48.8 Å². The van der Waals surface area contributed by atoms with Crippen LogP contribution in [0.2, 0.25) is 0 Å². The molecule has 1 fully saturated rings. The summed E-state index contributed by atoms with van der Waals surface area (Å²) >= 11 is 1.31. The average Bonchev–Trinajstić information content (AvgIpc) is 2.69. The molecule has 2 rings (SSSR count). The minimum absolute atomic E-state index is 0.0364. The molecule has 2 N–H and O–H groups in total. The van der Waals surface area contributed by atoms with Crippen LogP contribution < -0.4 is 5.32 Å². The maximum absolute atomic E-state index is 12.7. The molecule has 0 unspecified atom stereocenters. The summed E-state index contributed by atoms with van der Waals surface area (Å²) in [5.74, 6) is -0.591. The van der Waals surface area contributed by atoms with Crippen LogP contribution in [-0.2, 0) is 9.59 Å². The summed E-state index contributed by atoms with van der Waals surface area (Å²) < 4.78 is 0. The van der Waals surface area contributed by atoms with Crippen LogP contribution >= 0.6 is 11.8 Å². The lowest BCUT2D eigenvalue weighted by atomic mass is 9.89. The number of aliphatic carboxylic acids is 1. The van der Waals surface area contributed by atoms with Crippen LogP contribution in [0, 0.1) is 5.92 Å². The SMILES string of the molecule is CCN(CC(=O)O)C(=O)c1ccccc1SCC(=O)NCC1CCCCC1. The smallest absolute Gasteiger partial charge is 0.323 e. The number of hydrogen-bond acceptors (Lipinski definition) is 4. The normalized spacial score (nSPS) is 14.6. The summed E-state index contributed by atoms with van der Waals surface area (Å²) in [7, 11) is 0. The topological polar surface area (TPSA) is 86.7 Å². The van der Waals surface area contributed by atoms with Crippen molar-refractivity contribution < 1.29 is 19.5 Å². The molecule has 0 spiro atoms. The molecule has 0 bridgehead atoms. The Bertz CT molecular complexity index is 659. The van der Waals surface area contributed by atoms with Crippen molar-refractivity contribution in [1.82, 2.24) is 10.2 Å². The van der Waals surface area contributed by atoms with Gasteiger partial charge in [0, 0.05) is 18.0 Å². The van der Waals surface area contributed by atoms with E-state index in [-0.39, 0.29) is 24.1 Å². The van der Waals surface area contributed by atoms with Crippen molar-refractivity contribution in [2.75, 3.05) is 25.4 Å². The van der Waals surface area contributed by atoms with Gasteiger partial charge in [0.2, 0.25) is 5.91 Å². The first-order chi connectivity index (χ1) is 13.0. The highest BCUT2D eigenvalue weighted by molar-refractivity contribution is 8.00. The minimum atomic E-state index is -1.04. The molecular weight excluding hydrogens is 364 g/mol. The van der Waals surface area contributed by atoms with Crippen LogP contribution in [-0.4, -0.2) is 53.2 Å². The van der Waals surface area contributed by atoms with Crippen LogP contribution in [0.3, 0.4) is 0 Å². The first-order valence-corrected chi connectivity index (χ1v) is 10.5. The molecule has 0 atom stereocenters. The van der Waals surface area contributed by atoms with Gasteiger partial charge in [-0.3, -0.25) is 14.4 Å². The summed E-state index contributed by atoms with van der Waals surface area (Å²) in [4.78, 5) is 37.8. The van der Waals surface area contributed by atoms with E-state index in [1.54, 1.807) is 25.1 Å². The molecule has 1 aliphatic carbocycles. The van der Waals surface area contributed by atoms with Crippen molar-refractivity contribution in [2.45, 2.75) is 43.9 Å². The van der Waals surface area contributed by atoms with E-state index in [0.717, 1.165) is 6.54 Å². The van der Waals surface area contributed by atoms with Crippen LogP contribution in [0.25, 0.3) is 0 Å². The highest BCUT2D eigenvalue weighted by atomic mass is 32.2. The molecule has 0 saturated heterocycles. The molecule has 7 heteroatoms. The Morgan fingerprint density at radius 2 is 1.89 bits per heavy atom. The Labute approximate surface area is 164 Å². The monoisotopic (exact) mass is 392 g/mol. The van der Waals surface area contributed by atoms with Gasteiger partial charge in [-0.2, -0.15) is 0 Å². The zero-order valence-corrected chi connectivity index (χ0v) is 16.6. The van der Waals surface area contributed by atoms with Crippen molar-refractivity contribution in [2.24, 2.45) is 5.92 Å². The van der Waals surface area contributed by atoms with E-state index in [2.05, 4.69) is 5.32 Å². The molecule has 0 aliphatic heterocycles. The number of nitrogens with one attached hydrogen (secondary N) is 1.